The van der Waals surface area contributed by atoms with E-state index in [0.717, 1.165) is 56.8 Å². The summed E-state index contributed by atoms with van der Waals surface area (Å²) < 4.78 is 22.0. The fourth-order valence-electron chi connectivity index (χ4n) is 5.34. The molecule has 39 heavy (non-hydrogen) atoms. The molecule has 3 aromatic rings. The molecule has 0 unspecified atom stereocenters. The van der Waals surface area contributed by atoms with Gasteiger partial charge in [-0.1, -0.05) is 0 Å². The smallest absolute Gasteiger partial charge is 0.341 e. The number of nitrogens with one attached hydrogen (secondary N) is 3. The van der Waals surface area contributed by atoms with E-state index in [0.29, 0.717) is 29.7 Å². The molecule has 0 radical (unpaired) electrons. The summed E-state index contributed by atoms with van der Waals surface area (Å²) in [5, 5.41) is 18.8. The van der Waals surface area contributed by atoms with E-state index in [4.69, 9.17) is 4.74 Å². The van der Waals surface area contributed by atoms with Gasteiger partial charge < -0.3 is 30.4 Å². The number of carbonyl (C=O) groups excluding carboxylic acids is 1. The van der Waals surface area contributed by atoms with Gasteiger partial charge in [0.15, 0.2) is 29.8 Å². The summed E-state index contributed by atoms with van der Waals surface area (Å²) in [7, 11) is 0. The molecule has 11 nitrogen and oxygen atoms in total. The van der Waals surface area contributed by atoms with Crippen molar-refractivity contribution in [3.05, 3.63) is 51.7 Å². The predicted molar refractivity (Wildman–Crippen MR) is 141 cm³/mol. The lowest BCUT2D eigenvalue weighted by molar-refractivity contribution is -0.118. The first-order valence-corrected chi connectivity index (χ1v) is 13.2. The maximum Gasteiger partial charge on any atom is 0.341 e. The summed E-state index contributed by atoms with van der Waals surface area (Å²) in [6.07, 6.45) is 6.67. The van der Waals surface area contributed by atoms with Crippen LogP contribution in [0.5, 0.6) is 5.75 Å². The summed E-state index contributed by atoms with van der Waals surface area (Å²) in [6, 6.07) is 4.92. The lowest BCUT2D eigenvalue weighted by Crippen LogP contribution is -2.32. The molecule has 0 bridgehead atoms. The Bertz CT molecular complexity index is 1510. The number of fused-ring (bicyclic) bond motifs is 2. The molecule has 204 valence electrons. The second-order valence-corrected chi connectivity index (χ2v) is 10.5. The number of carboxylic acid groups (broad SMARTS) is 1. The number of nitrogens with zero attached hydrogens (tertiary/aromatic N) is 3. The minimum Gasteiger partial charge on any atom is -0.480 e. The molecule has 0 spiro atoms. The molecular formula is C27H29FN6O5. The van der Waals surface area contributed by atoms with Gasteiger partial charge in [-0.25, -0.2) is 19.2 Å². The Hall–Kier alpha value is -4.06. The lowest BCUT2D eigenvalue weighted by atomic mass is 9.86. The van der Waals surface area contributed by atoms with Crippen molar-refractivity contribution in [2.24, 2.45) is 5.92 Å². The third kappa shape index (κ3) is 5.29. The Kier molecular flexibility index (Phi) is 6.63. The molecule has 3 aromatic heterocycles. The molecule has 12 heteroatoms. The van der Waals surface area contributed by atoms with Crippen molar-refractivity contribution in [3.8, 4) is 5.75 Å². The molecule has 0 aromatic carbocycles. The van der Waals surface area contributed by atoms with Crippen molar-refractivity contribution in [2.75, 3.05) is 23.8 Å². The van der Waals surface area contributed by atoms with Gasteiger partial charge in [0.25, 0.3) is 5.91 Å². The molecule has 0 saturated heterocycles. The van der Waals surface area contributed by atoms with Crippen molar-refractivity contribution >= 4 is 34.5 Å². The van der Waals surface area contributed by atoms with Crippen LogP contribution in [0.3, 0.4) is 0 Å². The first-order chi connectivity index (χ1) is 18.9. The lowest BCUT2D eigenvalue weighted by Gasteiger charge is -2.30. The van der Waals surface area contributed by atoms with Crippen LogP contribution in [0.1, 0.15) is 60.6 Å². The van der Waals surface area contributed by atoms with E-state index in [1.54, 1.807) is 4.57 Å². The van der Waals surface area contributed by atoms with Gasteiger partial charge in [0.1, 0.15) is 11.2 Å². The zero-order chi connectivity index (χ0) is 27.1. The first kappa shape index (κ1) is 25.2. The Morgan fingerprint density at radius 3 is 2.69 bits per heavy atom. The van der Waals surface area contributed by atoms with Gasteiger partial charge in [-0.3, -0.25) is 9.59 Å². The molecule has 2 saturated carbocycles. The first-order valence-electron chi connectivity index (χ1n) is 13.2. The topological polar surface area (TPSA) is 147 Å². The number of hydrogen-bond acceptors (Lipinski definition) is 8. The predicted octanol–water partition coefficient (Wildman–Crippen LogP) is 3.06. The fraction of sp³-hybridized carbons (Fsp3) is 0.444. The van der Waals surface area contributed by atoms with Crippen LogP contribution in [0, 0.1) is 11.7 Å². The van der Waals surface area contributed by atoms with Crippen LogP contribution in [-0.2, 0) is 11.3 Å². The maximum absolute atomic E-state index is 15.0. The van der Waals surface area contributed by atoms with Gasteiger partial charge in [0, 0.05) is 24.8 Å². The van der Waals surface area contributed by atoms with Gasteiger partial charge in [-0.2, -0.15) is 0 Å². The highest BCUT2D eigenvalue weighted by molar-refractivity contribution is 5.94. The standard InChI is InChI=1S/C27H29FN6O5/c28-20-9-18-23(36)19(27(37)38)12-34(17-6-7-17)26(18)33-24(20)30-15-3-1-14(2-4-15)10-29-11-16-5-8-21-25(31-16)32-22(35)13-39-21/h5,8-9,12,14-15,17,29H,1-4,6-7,10-11,13H2,(H,30,33)(H,37,38)(H,31,32,35)/t14-,15-. The molecule has 4 heterocycles. The Labute approximate surface area is 222 Å². The maximum atomic E-state index is 15.0. The van der Waals surface area contributed by atoms with Crippen LogP contribution < -0.4 is 26.1 Å². The number of ether oxygens (including phenoxy) is 1. The van der Waals surface area contributed by atoms with Gasteiger partial charge in [-0.15, -0.1) is 0 Å². The monoisotopic (exact) mass is 536 g/mol. The zero-order valence-electron chi connectivity index (χ0n) is 21.2. The number of pyridine rings is 3. The molecule has 0 atom stereocenters. The van der Waals surface area contributed by atoms with E-state index in [1.807, 2.05) is 12.1 Å². The summed E-state index contributed by atoms with van der Waals surface area (Å²) in [5.74, 6) is -0.623. The van der Waals surface area contributed by atoms with E-state index in [-0.39, 0.29) is 41.4 Å². The Morgan fingerprint density at radius 1 is 1.15 bits per heavy atom. The molecule has 6 rings (SSSR count). The number of hydrogen-bond donors (Lipinski definition) is 4. The number of aromatic carboxylic acids is 1. The van der Waals surface area contributed by atoms with Crippen LogP contribution in [0.25, 0.3) is 11.0 Å². The van der Waals surface area contributed by atoms with E-state index in [1.165, 1.54) is 6.20 Å². The SMILES string of the molecule is O=C1COc2ccc(CNC[C@H]3CC[C@H](Nc4nc5c(cc4F)c(=O)c(C(=O)O)cn5C4CC4)CC3)nc2N1. The van der Waals surface area contributed by atoms with Gasteiger partial charge in [-0.05, 0) is 69.2 Å². The van der Waals surface area contributed by atoms with E-state index in [2.05, 4.69) is 25.9 Å². The Balaban J connectivity index is 1.06. The van der Waals surface area contributed by atoms with Gasteiger partial charge in [0.2, 0.25) is 5.43 Å². The quantitative estimate of drug-likeness (QED) is 0.341. The largest absolute Gasteiger partial charge is 0.480 e. The van der Waals surface area contributed by atoms with Crippen molar-refractivity contribution < 1.29 is 23.8 Å². The number of rotatable bonds is 8. The fourth-order valence-corrected chi connectivity index (χ4v) is 5.34. The summed E-state index contributed by atoms with van der Waals surface area (Å²) >= 11 is 0. The Morgan fingerprint density at radius 2 is 1.95 bits per heavy atom. The molecule has 3 aliphatic rings. The average molecular weight is 537 g/mol. The van der Waals surface area contributed by atoms with E-state index >= 15 is 0 Å². The van der Waals surface area contributed by atoms with Crippen LogP contribution in [0.2, 0.25) is 0 Å². The van der Waals surface area contributed by atoms with Crippen LogP contribution in [0.15, 0.2) is 29.2 Å². The van der Waals surface area contributed by atoms with E-state index in [9.17, 15) is 23.9 Å². The van der Waals surface area contributed by atoms with Crippen LogP contribution in [0.4, 0.5) is 16.0 Å². The average Bonchev–Trinajstić information content (AvgIpc) is 3.76. The second-order valence-electron chi connectivity index (χ2n) is 10.5. The molecule has 2 fully saturated rings. The second kappa shape index (κ2) is 10.3. The summed E-state index contributed by atoms with van der Waals surface area (Å²) in [4.78, 5) is 44.6. The number of aromatic nitrogens is 3. The van der Waals surface area contributed by atoms with Crippen LogP contribution >= 0.6 is 0 Å². The highest BCUT2D eigenvalue weighted by Crippen LogP contribution is 2.37. The molecular weight excluding hydrogens is 507 g/mol. The summed E-state index contributed by atoms with van der Waals surface area (Å²) in [5.41, 5.74) is 0.0413. The number of amides is 1. The van der Waals surface area contributed by atoms with Gasteiger partial charge in [0.05, 0.1) is 11.1 Å². The third-order valence-electron chi connectivity index (χ3n) is 7.59. The van der Waals surface area contributed by atoms with Crippen molar-refractivity contribution in [3.63, 3.8) is 0 Å². The highest BCUT2D eigenvalue weighted by atomic mass is 19.1. The number of halogens is 1. The van der Waals surface area contributed by atoms with Crippen molar-refractivity contribution in [1.29, 1.82) is 0 Å². The number of anilines is 2. The minimum atomic E-state index is -1.33. The molecule has 4 N–H and O–H groups in total. The van der Waals surface area contributed by atoms with Crippen molar-refractivity contribution in [2.45, 2.75) is 57.2 Å². The third-order valence-corrected chi connectivity index (χ3v) is 7.59. The van der Waals surface area contributed by atoms with Gasteiger partial charge >= 0.3 is 5.97 Å². The van der Waals surface area contributed by atoms with E-state index < -0.39 is 17.2 Å². The highest BCUT2D eigenvalue weighted by Gasteiger charge is 2.29. The number of carboxylic acids is 1. The minimum absolute atomic E-state index is 0.00252. The molecule has 2 aliphatic carbocycles. The normalized spacial score (nSPS) is 20.7. The van der Waals surface area contributed by atoms with Crippen LogP contribution in [-0.4, -0.2) is 50.7 Å². The van der Waals surface area contributed by atoms with Crippen molar-refractivity contribution in [1.82, 2.24) is 19.9 Å². The summed E-state index contributed by atoms with van der Waals surface area (Å²) in [6.45, 7) is 1.39. The zero-order valence-corrected chi connectivity index (χ0v) is 21.2. The molecule has 1 aliphatic heterocycles. The number of carbonyl (C=O) groups is 2. The molecule has 1 amide bonds.